The summed E-state index contributed by atoms with van der Waals surface area (Å²) in [4.78, 5) is 17.3. The van der Waals surface area contributed by atoms with Gasteiger partial charge in [0.25, 0.3) is 0 Å². The van der Waals surface area contributed by atoms with E-state index in [9.17, 15) is 9.90 Å². The summed E-state index contributed by atoms with van der Waals surface area (Å²) in [6.07, 6.45) is 1.76. The molecule has 0 radical (unpaired) electrons. The summed E-state index contributed by atoms with van der Waals surface area (Å²) in [6, 6.07) is 21.1. The van der Waals surface area contributed by atoms with E-state index in [0.717, 1.165) is 31.5 Å². The molecule has 4 rings (SSSR count). The lowest BCUT2D eigenvalue weighted by Gasteiger charge is -2.14. The first-order valence-electron chi connectivity index (χ1n) is 7.51. The van der Waals surface area contributed by atoms with E-state index in [1.165, 1.54) is 0 Å². The monoisotopic (exact) mass is 331 g/mol. The number of nitrogens with zero attached hydrogens (tertiary/aromatic N) is 1. The average Bonchev–Trinajstić information content (AvgIpc) is 2.62. The Morgan fingerprint density at radius 2 is 1.33 bits per heavy atom. The third-order valence-corrected chi connectivity index (χ3v) is 5.03. The van der Waals surface area contributed by atoms with Gasteiger partial charge in [0.2, 0.25) is 0 Å². The second-order valence-electron chi connectivity index (χ2n) is 5.37. The molecule has 0 aliphatic carbocycles. The Bertz CT molecular complexity index is 1000. The van der Waals surface area contributed by atoms with Gasteiger partial charge in [-0.05, 0) is 33.7 Å². The summed E-state index contributed by atoms with van der Waals surface area (Å²) in [7, 11) is 0. The summed E-state index contributed by atoms with van der Waals surface area (Å²) in [5.74, 6) is -0.906. The van der Waals surface area contributed by atoms with Crippen molar-refractivity contribution >= 4 is 39.3 Å². The van der Waals surface area contributed by atoms with Crippen LogP contribution in [0.15, 0.2) is 82.8 Å². The van der Waals surface area contributed by atoms with Crippen molar-refractivity contribution < 1.29 is 9.90 Å². The van der Waals surface area contributed by atoms with Crippen LogP contribution >= 0.6 is 11.8 Å². The maximum Gasteiger partial charge on any atom is 0.336 e. The van der Waals surface area contributed by atoms with E-state index in [1.54, 1.807) is 18.0 Å². The van der Waals surface area contributed by atoms with Crippen LogP contribution in [0.2, 0.25) is 0 Å². The molecule has 0 bridgehead atoms. The Morgan fingerprint density at radius 3 is 1.83 bits per heavy atom. The number of aromatic carboxylic acids is 1. The maximum atomic E-state index is 11.9. The Morgan fingerprint density at radius 1 is 0.792 bits per heavy atom. The molecule has 1 N–H and O–H groups in total. The van der Waals surface area contributed by atoms with Crippen molar-refractivity contribution in [3.05, 3.63) is 78.5 Å². The summed E-state index contributed by atoms with van der Waals surface area (Å²) < 4.78 is 0. The van der Waals surface area contributed by atoms with Crippen LogP contribution in [0.1, 0.15) is 10.4 Å². The Hall–Kier alpha value is -2.85. The lowest BCUT2D eigenvalue weighted by Crippen LogP contribution is -2.00. The number of carboxylic acid groups (broad SMARTS) is 1. The molecule has 3 aromatic carbocycles. The third kappa shape index (κ3) is 2.41. The summed E-state index contributed by atoms with van der Waals surface area (Å²) >= 11 is 1.56. The summed E-state index contributed by atoms with van der Waals surface area (Å²) in [5.41, 5.74) is 0.353. The fourth-order valence-electron chi connectivity index (χ4n) is 2.94. The molecule has 24 heavy (non-hydrogen) atoms. The average molecular weight is 331 g/mol. The molecule has 4 aromatic rings. The van der Waals surface area contributed by atoms with Gasteiger partial charge in [0.05, 0.1) is 5.56 Å². The smallest absolute Gasteiger partial charge is 0.336 e. The molecule has 0 atom stereocenters. The van der Waals surface area contributed by atoms with Gasteiger partial charge in [-0.1, -0.05) is 66.4 Å². The number of hydrogen-bond donors (Lipinski definition) is 1. The van der Waals surface area contributed by atoms with Gasteiger partial charge in [-0.2, -0.15) is 0 Å². The van der Waals surface area contributed by atoms with Crippen molar-refractivity contribution in [3.63, 3.8) is 0 Å². The Labute approximate surface area is 143 Å². The minimum absolute atomic E-state index is 0.353. The highest BCUT2D eigenvalue weighted by Crippen LogP contribution is 2.41. The Kier molecular flexibility index (Phi) is 3.67. The lowest BCUT2D eigenvalue weighted by molar-refractivity contribution is 0.0701. The number of hydrogen-bond acceptors (Lipinski definition) is 3. The van der Waals surface area contributed by atoms with Crippen molar-refractivity contribution in [2.75, 3.05) is 0 Å². The van der Waals surface area contributed by atoms with Gasteiger partial charge in [0.15, 0.2) is 0 Å². The summed E-state index contributed by atoms with van der Waals surface area (Å²) in [6.45, 7) is 0. The minimum Gasteiger partial charge on any atom is -0.478 e. The lowest BCUT2D eigenvalue weighted by atomic mass is 9.97. The predicted octanol–water partition coefficient (Wildman–Crippen LogP) is 5.24. The van der Waals surface area contributed by atoms with Gasteiger partial charge < -0.3 is 5.11 Å². The van der Waals surface area contributed by atoms with E-state index < -0.39 is 5.97 Å². The van der Waals surface area contributed by atoms with Crippen molar-refractivity contribution in [2.45, 2.75) is 9.92 Å². The van der Waals surface area contributed by atoms with Crippen LogP contribution in [-0.2, 0) is 0 Å². The SMILES string of the molecule is O=C(O)c1c2ccccc2c(Sc2ccccn2)c2ccccc12. The van der Waals surface area contributed by atoms with E-state index in [4.69, 9.17) is 0 Å². The van der Waals surface area contributed by atoms with Gasteiger partial charge >= 0.3 is 5.97 Å². The highest BCUT2D eigenvalue weighted by molar-refractivity contribution is 7.99. The first-order chi connectivity index (χ1) is 11.8. The molecule has 0 saturated carbocycles. The van der Waals surface area contributed by atoms with Crippen LogP contribution < -0.4 is 0 Å². The molecule has 116 valence electrons. The first-order valence-corrected chi connectivity index (χ1v) is 8.33. The van der Waals surface area contributed by atoms with Gasteiger partial charge in [-0.15, -0.1) is 0 Å². The number of fused-ring (bicyclic) bond motifs is 2. The van der Waals surface area contributed by atoms with E-state index in [-0.39, 0.29) is 0 Å². The maximum absolute atomic E-state index is 11.9. The number of carbonyl (C=O) groups is 1. The van der Waals surface area contributed by atoms with Crippen molar-refractivity contribution in [1.29, 1.82) is 0 Å². The van der Waals surface area contributed by atoms with Crippen molar-refractivity contribution in [1.82, 2.24) is 4.98 Å². The molecule has 0 saturated heterocycles. The molecule has 0 aliphatic heterocycles. The molecule has 0 unspecified atom stereocenters. The number of pyridine rings is 1. The molecule has 3 nitrogen and oxygen atoms in total. The van der Waals surface area contributed by atoms with Crippen LogP contribution in [0, 0.1) is 0 Å². The zero-order valence-corrected chi connectivity index (χ0v) is 13.5. The van der Waals surface area contributed by atoms with Gasteiger partial charge in [-0.3, -0.25) is 0 Å². The van der Waals surface area contributed by atoms with Crippen LogP contribution in [-0.4, -0.2) is 16.1 Å². The topological polar surface area (TPSA) is 50.2 Å². The van der Waals surface area contributed by atoms with Gasteiger partial charge in [-0.25, -0.2) is 9.78 Å². The number of aromatic nitrogens is 1. The second kappa shape index (κ2) is 5.98. The molecular formula is C20H13NO2S. The third-order valence-electron chi connectivity index (χ3n) is 3.94. The Balaban J connectivity index is 2.11. The largest absolute Gasteiger partial charge is 0.478 e. The molecular weight excluding hydrogens is 318 g/mol. The highest BCUT2D eigenvalue weighted by Gasteiger charge is 2.18. The molecule has 0 spiro atoms. The van der Waals surface area contributed by atoms with Crippen LogP contribution in [0.25, 0.3) is 21.5 Å². The fourth-order valence-corrected chi connectivity index (χ4v) is 3.99. The van der Waals surface area contributed by atoms with Crippen LogP contribution in [0.4, 0.5) is 0 Å². The standard InChI is InChI=1S/C20H13NO2S/c22-20(23)18-13-7-1-3-9-15(13)19(16-10-4-2-8-14(16)18)24-17-11-5-6-12-21-17/h1-12H,(H,22,23). The molecule has 1 heterocycles. The van der Waals surface area contributed by atoms with Gasteiger partial charge in [0.1, 0.15) is 5.03 Å². The normalized spacial score (nSPS) is 11.0. The van der Waals surface area contributed by atoms with Crippen LogP contribution in [0.5, 0.6) is 0 Å². The van der Waals surface area contributed by atoms with E-state index in [1.807, 2.05) is 66.7 Å². The molecule has 0 amide bonds. The van der Waals surface area contributed by atoms with E-state index in [0.29, 0.717) is 5.56 Å². The first kappa shape index (κ1) is 14.7. The highest BCUT2D eigenvalue weighted by atomic mass is 32.2. The van der Waals surface area contributed by atoms with E-state index in [2.05, 4.69) is 4.98 Å². The summed E-state index contributed by atoms with van der Waals surface area (Å²) in [5, 5.41) is 14.0. The fraction of sp³-hybridized carbons (Fsp3) is 0. The molecule has 4 heteroatoms. The van der Waals surface area contributed by atoms with Gasteiger partial charge in [0, 0.05) is 11.1 Å². The minimum atomic E-state index is -0.906. The van der Waals surface area contributed by atoms with Crippen molar-refractivity contribution in [3.8, 4) is 0 Å². The van der Waals surface area contributed by atoms with E-state index >= 15 is 0 Å². The zero-order valence-electron chi connectivity index (χ0n) is 12.6. The predicted molar refractivity (Wildman–Crippen MR) is 96.8 cm³/mol. The second-order valence-corrected chi connectivity index (χ2v) is 6.40. The number of benzene rings is 3. The zero-order chi connectivity index (χ0) is 16.5. The molecule has 1 aromatic heterocycles. The molecule has 0 aliphatic rings. The number of rotatable bonds is 3. The quantitative estimate of drug-likeness (QED) is 0.522. The molecule has 0 fully saturated rings. The van der Waals surface area contributed by atoms with Crippen LogP contribution in [0.3, 0.4) is 0 Å². The van der Waals surface area contributed by atoms with Crippen molar-refractivity contribution in [2.24, 2.45) is 0 Å². The number of carboxylic acids is 1.